The zero-order chi connectivity index (χ0) is 14.0. The van der Waals surface area contributed by atoms with E-state index in [1.54, 1.807) is 0 Å². The van der Waals surface area contributed by atoms with E-state index in [1.165, 1.54) is 16.7 Å². The third-order valence-electron chi connectivity index (χ3n) is 3.18. The van der Waals surface area contributed by atoms with Crippen LogP contribution in [0.3, 0.4) is 0 Å². The summed E-state index contributed by atoms with van der Waals surface area (Å²) in [5.41, 5.74) is 9.77. The van der Waals surface area contributed by atoms with Gasteiger partial charge in [-0.05, 0) is 51.0 Å². The number of pyridine rings is 1. The number of aryl methyl sites for hydroxylation is 4. The molecule has 1 heterocycles. The Morgan fingerprint density at radius 1 is 0.842 bits per heavy atom. The average molecular weight is 255 g/mol. The van der Waals surface area contributed by atoms with E-state index >= 15 is 0 Å². The fourth-order valence-corrected chi connectivity index (χ4v) is 2.59. The molecule has 3 N–H and O–H groups in total. The lowest BCUT2D eigenvalue weighted by Gasteiger charge is -2.19. The lowest BCUT2D eigenvalue weighted by atomic mass is 9.96. The summed E-state index contributed by atoms with van der Waals surface area (Å²) >= 11 is 0. The normalized spacial score (nSPS) is 12.5. The quantitative estimate of drug-likeness (QED) is 0.655. The van der Waals surface area contributed by atoms with Gasteiger partial charge in [-0.15, -0.1) is 0 Å². The lowest BCUT2D eigenvalue weighted by molar-refractivity contribution is 0.634. The maximum Gasteiger partial charge on any atom is 0.0711 e. The molecule has 0 fully saturated rings. The fraction of sp³-hybridized carbons (Fsp3) is 0.312. The zero-order valence-electron chi connectivity index (χ0n) is 12.0. The Morgan fingerprint density at radius 3 is 1.79 bits per heavy atom. The van der Waals surface area contributed by atoms with Crippen LogP contribution in [0.2, 0.25) is 0 Å². The van der Waals surface area contributed by atoms with E-state index < -0.39 is 0 Å². The van der Waals surface area contributed by atoms with Crippen molar-refractivity contribution in [1.82, 2.24) is 10.4 Å². The molecular formula is C16H21N3. The number of nitrogens with zero attached hydrogens (tertiary/aromatic N) is 1. The Bertz CT molecular complexity index is 499. The number of rotatable bonds is 3. The number of hydrazine groups is 1. The van der Waals surface area contributed by atoms with Crippen molar-refractivity contribution in [3.05, 3.63) is 64.0 Å². The lowest BCUT2D eigenvalue weighted by Crippen LogP contribution is -2.29. The van der Waals surface area contributed by atoms with Gasteiger partial charge >= 0.3 is 0 Å². The first-order valence-corrected chi connectivity index (χ1v) is 6.49. The van der Waals surface area contributed by atoms with Crippen LogP contribution in [0.25, 0.3) is 0 Å². The Balaban J connectivity index is 2.49. The Morgan fingerprint density at radius 2 is 1.32 bits per heavy atom. The maximum absolute atomic E-state index is 5.77. The Kier molecular flexibility index (Phi) is 3.98. The summed E-state index contributed by atoms with van der Waals surface area (Å²) in [4.78, 5) is 4.41. The van der Waals surface area contributed by atoms with Gasteiger partial charge in [0.2, 0.25) is 0 Å². The molecule has 0 spiro atoms. The first-order valence-electron chi connectivity index (χ1n) is 6.49. The second-order valence-corrected chi connectivity index (χ2v) is 5.20. The number of aromatic nitrogens is 1. The van der Waals surface area contributed by atoms with Crippen LogP contribution in [-0.4, -0.2) is 4.98 Å². The van der Waals surface area contributed by atoms with Crippen molar-refractivity contribution < 1.29 is 0 Å². The maximum atomic E-state index is 5.77. The van der Waals surface area contributed by atoms with Gasteiger partial charge in [-0.2, -0.15) is 0 Å². The number of hydrogen-bond donors (Lipinski definition) is 2. The van der Waals surface area contributed by atoms with Gasteiger partial charge in [0, 0.05) is 11.4 Å². The van der Waals surface area contributed by atoms with Gasteiger partial charge in [0.25, 0.3) is 0 Å². The van der Waals surface area contributed by atoms with Crippen molar-refractivity contribution in [2.75, 3.05) is 0 Å². The van der Waals surface area contributed by atoms with Crippen LogP contribution in [-0.2, 0) is 0 Å². The van der Waals surface area contributed by atoms with E-state index in [0.29, 0.717) is 0 Å². The summed E-state index contributed by atoms with van der Waals surface area (Å²) in [7, 11) is 0. The standard InChI is InChI=1S/C16H21N3/c1-10-5-11(2)7-14(6-10)16(19-17)15-8-12(3)18-13(4)9-15/h5-9,16,19H,17H2,1-4H3. The summed E-state index contributed by atoms with van der Waals surface area (Å²) in [6.45, 7) is 8.22. The van der Waals surface area contributed by atoms with Gasteiger partial charge in [-0.3, -0.25) is 10.8 Å². The van der Waals surface area contributed by atoms with Gasteiger partial charge < -0.3 is 0 Å². The highest BCUT2D eigenvalue weighted by Gasteiger charge is 2.14. The molecule has 0 bridgehead atoms. The SMILES string of the molecule is Cc1cc(C)cc(C(NN)c2cc(C)nc(C)c2)c1. The molecule has 2 rings (SSSR count). The molecule has 2 aromatic rings. The van der Waals surface area contributed by atoms with Crippen LogP contribution in [0.5, 0.6) is 0 Å². The van der Waals surface area contributed by atoms with E-state index in [4.69, 9.17) is 5.84 Å². The number of benzene rings is 1. The Hall–Kier alpha value is -1.71. The molecule has 0 radical (unpaired) electrons. The highest BCUT2D eigenvalue weighted by atomic mass is 15.2. The number of nitrogens with one attached hydrogen (secondary N) is 1. The van der Waals surface area contributed by atoms with E-state index in [0.717, 1.165) is 17.0 Å². The van der Waals surface area contributed by atoms with E-state index in [1.807, 2.05) is 13.8 Å². The molecule has 1 atom stereocenters. The largest absolute Gasteiger partial charge is 0.271 e. The highest BCUT2D eigenvalue weighted by Crippen LogP contribution is 2.24. The van der Waals surface area contributed by atoms with Gasteiger partial charge in [-0.1, -0.05) is 29.3 Å². The third kappa shape index (κ3) is 3.19. The molecular weight excluding hydrogens is 234 g/mol. The van der Waals surface area contributed by atoms with Crippen LogP contribution < -0.4 is 11.3 Å². The van der Waals surface area contributed by atoms with Crippen molar-refractivity contribution >= 4 is 0 Å². The summed E-state index contributed by atoms with van der Waals surface area (Å²) in [6.07, 6.45) is 0. The van der Waals surface area contributed by atoms with Gasteiger partial charge in [0.15, 0.2) is 0 Å². The van der Waals surface area contributed by atoms with Crippen molar-refractivity contribution in [2.45, 2.75) is 33.7 Å². The summed E-state index contributed by atoms with van der Waals surface area (Å²) in [5, 5.41) is 0. The molecule has 0 saturated carbocycles. The smallest absolute Gasteiger partial charge is 0.0711 e. The van der Waals surface area contributed by atoms with Gasteiger partial charge in [-0.25, -0.2) is 5.43 Å². The van der Waals surface area contributed by atoms with Crippen molar-refractivity contribution in [1.29, 1.82) is 0 Å². The van der Waals surface area contributed by atoms with E-state index in [-0.39, 0.29) is 6.04 Å². The fourth-order valence-electron chi connectivity index (χ4n) is 2.59. The molecule has 0 amide bonds. The first-order chi connectivity index (χ1) is 8.99. The van der Waals surface area contributed by atoms with Crippen molar-refractivity contribution in [3.8, 4) is 0 Å². The third-order valence-corrected chi connectivity index (χ3v) is 3.18. The molecule has 1 aromatic heterocycles. The summed E-state index contributed by atoms with van der Waals surface area (Å²) in [6, 6.07) is 10.7. The summed E-state index contributed by atoms with van der Waals surface area (Å²) in [5.74, 6) is 5.77. The second-order valence-electron chi connectivity index (χ2n) is 5.20. The van der Waals surface area contributed by atoms with Crippen LogP contribution in [0.15, 0.2) is 30.3 Å². The first kappa shape index (κ1) is 13.7. The van der Waals surface area contributed by atoms with Gasteiger partial charge in [0.1, 0.15) is 0 Å². The molecule has 0 aliphatic carbocycles. The molecule has 1 unspecified atom stereocenters. The molecule has 19 heavy (non-hydrogen) atoms. The molecule has 0 saturated heterocycles. The Labute approximate surface area is 114 Å². The van der Waals surface area contributed by atoms with Crippen LogP contribution in [0, 0.1) is 27.7 Å². The minimum Gasteiger partial charge on any atom is -0.271 e. The zero-order valence-corrected chi connectivity index (χ0v) is 12.0. The molecule has 3 nitrogen and oxygen atoms in total. The average Bonchev–Trinajstić information content (AvgIpc) is 2.27. The van der Waals surface area contributed by atoms with Crippen LogP contribution >= 0.6 is 0 Å². The second kappa shape index (κ2) is 5.51. The number of nitrogens with two attached hydrogens (primary N) is 1. The van der Waals surface area contributed by atoms with Crippen LogP contribution in [0.1, 0.15) is 39.7 Å². The van der Waals surface area contributed by atoms with Crippen molar-refractivity contribution in [2.24, 2.45) is 5.84 Å². The summed E-state index contributed by atoms with van der Waals surface area (Å²) < 4.78 is 0. The molecule has 1 aromatic carbocycles. The monoisotopic (exact) mass is 255 g/mol. The molecule has 0 aliphatic heterocycles. The topological polar surface area (TPSA) is 50.9 Å². The van der Waals surface area contributed by atoms with Crippen LogP contribution in [0.4, 0.5) is 0 Å². The predicted molar refractivity (Wildman–Crippen MR) is 78.8 cm³/mol. The number of hydrogen-bond acceptors (Lipinski definition) is 3. The van der Waals surface area contributed by atoms with E-state index in [2.05, 4.69) is 54.6 Å². The minimum absolute atomic E-state index is 0.000926. The van der Waals surface area contributed by atoms with Gasteiger partial charge in [0.05, 0.1) is 6.04 Å². The molecule has 100 valence electrons. The predicted octanol–water partition coefficient (Wildman–Crippen LogP) is 2.87. The molecule has 0 aliphatic rings. The molecule has 3 heteroatoms. The van der Waals surface area contributed by atoms with Crippen molar-refractivity contribution in [3.63, 3.8) is 0 Å². The minimum atomic E-state index is -0.000926. The highest BCUT2D eigenvalue weighted by molar-refractivity contribution is 5.37. The van der Waals surface area contributed by atoms with E-state index in [9.17, 15) is 0 Å².